The number of ether oxygens (including phenoxy) is 2. The number of hydrazone groups is 1. The van der Waals surface area contributed by atoms with E-state index in [1.54, 1.807) is 30.3 Å². The molecule has 0 radical (unpaired) electrons. The molecule has 0 aliphatic carbocycles. The lowest BCUT2D eigenvalue weighted by atomic mass is 10.1. The number of amides is 2. The maximum Gasteiger partial charge on any atom is 0.249 e. The number of nitrogens with zero attached hydrogens (tertiary/aromatic N) is 2. The van der Waals surface area contributed by atoms with Crippen LogP contribution in [0.5, 0.6) is 11.5 Å². The summed E-state index contributed by atoms with van der Waals surface area (Å²) in [6.45, 7) is 0.189. The summed E-state index contributed by atoms with van der Waals surface area (Å²) in [6, 6.07) is 18.4. The van der Waals surface area contributed by atoms with Crippen LogP contribution in [0.15, 0.2) is 65.8 Å². The van der Waals surface area contributed by atoms with Crippen molar-refractivity contribution in [1.29, 1.82) is 5.26 Å². The number of anilines is 1. The van der Waals surface area contributed by atoms with Gasteiger partial charge in [-0.25, -0.2) is 9.82 Å². The molecule has 3 aromatic carbocycles. The molecule has 178 valence electrons. The number of carbonyl (C=O) groups is 2. The molecule has 0 unspecified atom stereocenters. The van der Waals surface area contributed by atoms with Gasteiger partial charge >= 0.3 is 0 Å². The zero-order chi connectivity index (χ0) is 25.2. The number of hydrogen-bond donors (Lipinski definition) is 2. The monoisotopic (exact) mass is 586 g/mol. The van der Waals surface area contributed by atoms with Crippen molar-refractivity contribution in [2.45, 2.75) is 13.0 Å². The predicted molar refractivity (Wildman–Crippen MR) is 137 cm³/mol. The normalized spacial score (nSPS) is 10.5. The number of nitrogens with one attached hydrogen (secondary N) is 2. The second kappa shape index (κ2) is 12.5. The molecule has 0 aliphatic heterocycles. The Hall–Kier alpha value is -3.98. The number of hydrogen-bond acceptors (Lipinski definition) is 6. The minimum atomic E-state index is -0.668. The van der Waals surface area contributed by atoms with Gasteiger partial charge in [0.1, 0.15) is 18.8 Å². The van der Waals surface area contributed by atoms with Gasteiger partial charge < -0.3 is 14.8 Å². The smallest absolute Gasteiger partial charge is 0.249 e. The maximum absolute atomic E-state index is 13.6. The average Bonchev–Trinajstić information content (AvgIpc) is 2.84. The topological polar surface area (TPSA) is 113 Å². The molecule has 3 rings (SSSR count). The Morgan fingerprint density at radius 1 is 1.14 bits per heavy atom. The highest BCUT2D eigenvalue weighted by molar-refractivity contribution is 14.1. The molecule has 0 aliphatic rings. The van der Waals surface area contributed by atoms with E-state index in [1.807, 2.05) is 12.1 Å². The Bertz CT molecular complexity index is 1310. The van der Waals surface area contributed by atoms with Gasteiger partial charge in [-0.3, -0.25) is 9.59 Å². The van der Waals surface area contributed by atoms with Crippen LogP contribution in [0.2, 0.25) is 0 Å². The number of nitriles is 1. The van der Waals surface area contributed by atoms with Crippen molar-refractivity contribution >= 4 is 46.3 Å². The minimum Gasteiger partial charge on any atom is -0.493 e. The van der Waals surface area contributed by atoms with E-state index in [0.29, 0.717) is 22.6 Å². The van der Waals surface area contributed by atoms with Crippen LogP contribution >= 0.6 is 22.6 Å². The van der Waals surface area contributed by atoms with E-state index in [1.165, 1.54) is 31.5 Å². The van der Waals surface area contributed by atoms with Crippen molar-refractivity contribution in [2.75, 3.05) is 12.4 Å². The van der Waals surface area contributed by atoms with Crippen LogP contribution in [0, 0.1) is 20.7 Å². The molecule has 2 N–H and O–H groups in total. The molecule has 0 bridgehead atoms. The summed E-state index contributed by atoms with van der Waals surface area (Å²) in [6.07, 6.45) is 0.871. The van der Waals surface area contributed by atoms with Crippen molar-refractivity contribution in [2.24, 2.45) is 5.10 Å². The Kier molecular flexibility index (Phi) is 9.14. The molecule has 2 amide bonds. The standard InChI is InChI=1S/C25H20FIN4O4/c1-34-22-11-16(10-20(27)25(22)35-15-18-7-3-2-6-17(18)13-28)14-29-31-24(33)12-23(32)30-21-9-5-4-8-19(21)26/h2-11,14H,12,15H2,1H3,(H,30,32)(H,31,33). The van der Waals surface area contributed by atoms with E-state index in [9.17, 15) is 19.2 Å². The molecule has 0 aromatic heterocycles. The van der Waals surface area contributed by atoms with Crippen molar-refractivity contribution < 1.29 is 23.5 Å². The second-order valence-electron chi connectivity index (χ2n) is 7.09. The molecule has 0 heterocycles. The fourth-order valence-electron chi connectivity index (χ4n) is 2.98. The van der Waals surface area contributed by atoms with Gasteiger partial charge in [0.05, 0.1) is 34.2 Å². The Labute approximate surface area is 214 Å². The molecule has 0 fully saturated rings. The third-order valence-electron chi connectivity index (χ3n) is 4.63. The highest BCUT2D eigenvalue weighted by atomic mass is 127. The molecule has 10 heteroatoms. The Morgan fingerprint density at radius 3 is 2.63 bits per heavy atom. The van der Waals surface area contributed by atoms with Crippen LogP contribution in [-0.2, 0) is 16.2 Å². The predicted octanol–water partition coefficient (Wildman–Crippen LogP) is 4.37. The van der Waals surface area contributed by atoms with Gasteiger partial charge in [0, 0.05) is 5.56 Å². The fourth-order valence-corrected chi connectivity index (χ4v) is 3.76. The lowest BCUT2D eigenvalue weighted by Gasteiger charge is -2.14. The first-order valence-corrected chi connectivity index (χ1v) is 11.3. The first-order chi connectivity index (χ1) is 16.9. The second-order valence-corrected chi connectivity index (χ2v) is 8.25. The molecule has 0 atom stereocenters. The summed E-state index contributed by atoms with van der Waals surface area (Å²) >= 11 is 2.09. The number of rotatable bonds is 9. The summed E-state index contributed by atoms with van der Waals surface area (Å²) in [5.74, 6) is -0.967. The van der Waals surface area contributed by atoms with Gasteiger partial charge in [-0.05, 0) is 58.5 Å². The fraction of sp³-hybridized carbons (Fsp3) is 0.120. The van der Waals surface area contributed by atoms with Crippen LogP contribution in [0.3, 0.4) is 0 Å². The Morgan fingerprint density at radius 2 is 1.89 bits per heavy atom. The summed E-state index contributed by atoms with van der Waals surface area (Å²) in [5, 5.41) is 15.4. The molecule has 0 saturated carbocycles. The van der Waals surface area contributed by atoms with Crippen LogP contribution in [0.25, 0.3) is 0 Å². The number of benzene rings is 3. The van der Waals surface area contributed by atoms with Gasteiger partial charge in [0.25, 0.3) is 0 Å². The van der Waals surface area contributed by atoms with Crippen LogP contribution in [0.1, 0.15) is 23.1 Å². The van der Waals surface area contributed by atoms with Crippen molar-refractivity contribution in [1.82, 2.24) is 5.43 Å². The molecular weight excluding hydrogens is 566 g/mol. The third kappa shape index (κ3) is 7.25. The zero-order valence-corrected chi connectivity index (χ0v) is 20.7. The molecular formula is C25H20FIN4O4. The van der Waals surface area contributed by atoms with Gasteiger partial charge in [0.2, 0.25) is 11.8 Å². The van der Waals surface area contributed by atoms with E-state index in [4.69, 9.17) is 9.47 Å². The highest BCUT2D eigenvalue weighted by Crippen LogP contribution is 2.34. The molecule has 35 heavy (non-hydrogen) atoms. The maximum atomic E-state index is 13.6. The van der Waals surface area contributed by atoms with Gasteiger partial charge in [-0.2, -0.15) is 10.4 Å². The molecule has 3 aromatic rings. The van der Waals surface area contributed by atoms with E-state index >= 15 is 0 Å². The molecule has 0 saturated heterocycles. The quantitative estimate of drug-likeness (QED) is 0.168. The summed E-state index contributed by atoms with van der Waals surface area (Å²) in [5.41, 5.74) is 4.16. The van der Waals surface area contributed by atoms with Crippen LogP contribution in [0.4, 0.5) is 10.1 Å². The molecule has 8 nitrogen and oxygen atoms in total. The number of methoxy groups -OCH3 is 1. The van der Waals surface area contributed by atoms with Crippen LogP contribution < -0.4 is 20.2 Å². The van der Waals surface area contributed by atoms with Gasteiger partial charge in [-0.1, -0.05) is 30.3 Å². The van der Waals surface area contributed by atoms with Crippen molar-refractivity contribution in [3.05, 3.63) is 86.7 Å². The first-order valence-electron chi connectivity index (χ1n) is 10.3. The average molecular weight is 586 g/mol. The largest absolute Gasteiger partial charge is 0.493 e. The van der Waals surface area contributed by atoms with E-state index in [-0.39, 0.29) is 12.3 Å². The lowest BCUT2D eigenvalue weighted by molar-refractivity contribution is -0.126. The van der Waals surface area contributed by atoms with E-state index < -0.39 is 24.1 Å². The van der Waals surface area contributed by atoms with Crippen molar-refractivity contribution in [3.8, 4) is 17.6 Å². The van der Waals surface area contributed by atoms with Gasteiger partial charge in [-0.15, -0.1) is 0 Å². The lowest BCUT2D eigenvalue weighted by Crippen LogP contribution is -2.24. The van der Waals surface area contributed by atoms with E-state index in [0.717, 1.165) is 9.13 Å². The first kappa shape index (κ1) is 25.6. The number of para-hydroxylation sites is 1. The Balaban J connectivity index is 1.60. The highest BCUT2D eigenvalue weighted by Gasteiger charge is 2.13. The zero-order valence-electron chi connectivity index (χ0n) is 18.5. The summed E-state index contributed by atoms with van der Waals surface area (Å²) < 4.78 is 25.7. The van der Waals surface area contributed by atoms with Crippen molar-refractivity contribution in [3.63, 3.8) is 0 Å². The van der Waals surface area contributed by atoms with Crippen LogP contribution in [-0.4, -0.2) is 25.1 Å². The SMILES string of the molecule is COc1cc(C=NNC(=O)CC(=O)Nc2ccccc2F)cc(I)c1OCc1ccccc1C#N. The minimum absolute atomic E-state index is 0.00566. The number of halogens is 2. The third-order valence-corrected chi connectivity index (χ3v) is 5.43. The van der Waals surface area contributed by atoms with Gasteiger partial charge in [0.15, 0.2) is 11.5 Å². The molecule has 0 spiro atoms. The summed E-state index contributed by atoms with van der Waals surface area (Å²) in [4.78, 5) is 23.9. The van der Waals surface area contributed by atoms with E-state index in [2.05, 4.69) is 44.5 Å². The number of carbonyl (C=O) groups excluding carboxylic acids is 2. The summed E-state index contributed by atoms with van der Waals surface area (Å²) in [7, 11) is 1.50.